The molecule has 2 atom stereocenters. The van der Waals surface area contributed by atoms with Crippen LogP contribution in [0.25, 0.3) is 0 Å². The van der Waals surface area contributed by atoms with E-state index < -0.39 is 35.7 Å². The quantitative estimate of drug-likeness (QED) is 0.296. The number of alkyl carbamates (subject to hydrolysis) is 1. The van der Waals surface area contributed by atoms with Gasteiger partial charge >= 0.3 is 12.1 Å². The first-order valence-electron chi connectivity index (χ1n) is 11.8. The average Bonchev–Trinajstić information content (AvgIpc) is 2.84. The third kappa shape index (κ3) is 9.64. The van der Waals surface area contributed by atoms with Gasteiger partial charge in [0.25, 0.3) is 0 Å². The van der Waals surface area contributed by atoms with Crippen LogP contribution >= 0.6 is 0 Å². The van der Waals surface area contributed by atoms with E-state index in [0.29, 0.717) is 36.3 Å². The number of rotatable bonds is 14. The van der Waals surface area contributed by atoms with Crippen LogP contribution in [0.15, 0.2) is 43.5 Å². The van der Waals surface area contributed by atoms with Gasteiger partial charge in [-0.05, 0) is 58.6 Å². The van der Waals surface area contributed by atoms with Crippen molar-refractivity contribution in [1.82, 2.24) is 10.2 Å². The van der Waals surface area contributed by atoms with Crippen LogP contribution in [0.3, 0.4) is 0 Å². The van der Waals surface area contributed by atoms with Crippen LogP contribution in [0.5, 0.6) is 11.5 Å². The highest BCUT2D eigenvalue weighted by atomic mass is 16.6. The van der Waals surface area contributed by atoms with E-state index in [1.807, 2.05) is 0 Å². The van der Waals surface area contributed by atoms with Gasteiger partial charge in [-0.1, -0.05) is 12.2 Å². The van der Waals surface area contributed by atoms with Crippen molar-refractivity contribution in [3.63, 3.8) is 0 Å². The molecule has 36 heavy (non-hydrogen) atoms. The number of methoxy groups -OCH3 is 3. The summed E-state index contributed by atoms with van der Waals surface area (Å²) in [5.74, 6) is 0.0415. The lowest BCUT2D eigenvalue weighted by atomic mass is 10.0. The third-order valence-corrected chi connectivity index (χ3v) is 5.26. The maximum atomic E-state index is 13.9. The Labute approximate surface area is 214 Å². The van der Waals surface area contributed by atoms with Crippen molar-refractivity contribution < 1.29 is 33.3 Å². The number of nitrogens with zero attached hydrogens (tertiary/aromatic N) is 1. The number of hydrogen-bond acceptors (Lipinski definition) is 7. The molecule has 0 saturated heterocycles. The Bertz CT molecular complexity index is 908. The number of ether oxygens (including phenoxy) is 4. The van der Waals surface area contributed by atoms with Gasteiger partial charge in [-0.15, -0.1) is 13.2 Å². The van der Waals surface area contributed by atoms with E-state index >= 15 is 0 Å². The Balaban J connectivity index is 3.48. The second-order valence-corrected chi connectivity index (χ2v) is 9.11. The number of benzene rings is 1. The fourth-order valence-electron chi connectivity index (χ4n) is 3.51. The van der Waals surface area contributed by atoms with Crippen molar-refractivity contribution >= 4 is 18.0 Å². The van der Waals surface area contributed by atoms with Crippen molar-refractivity contribution in [2.45, 2.75) is 70.7 Å². The summed E-state index contributed by atoms with van der Waals surface area (Å²) in [7, 11) is 4.32. The fraction of sp³-hybridized carbons (Fsp3) is 0.519. The zero-order chi connectivity index (χ0) is 27.3. The van der Waals surface area contributed by atoms with E-state index in [2.05, 4.69) is 18.5 Å². The fourth-order valence-corrected chi connectivity index (χ4v) is 3.51. The molecule has 0 heterocycles. The van der Waals surface area contributed by atoms with E-state index in [4.69, 9.17) is 18.9 Å². The Morgan fingerprint density at radius 1 is 1.03 bits per heavy atom. The lowest BCUT2D eigenvalue weighted by Crippen LogP contribution is -2.54. The maximum absolute atomic E-state index is 13.9. The monoisotopic (exact) mass is 504 g/mol. The Morgan fingerprint density at radius 3 is 2.19 bits per heavy atom. The van der Waals surface area contributed by atoms with Crippen LogP contribution in [0.4, 0.5) is 4.79 Å². The van der Waals surface area contributed by atoms with Gasteiger partial charge < -0.3 is 29.2 Å². The molecule has 1 N–H and O–H groups in total. The zero-order valence-electron chi connectivity index (χ0n) is 22.3. The van der Waals surface area contributed by atoms with Gasteiger partial charge in [-0.3, -0.25) is 4.79 Å². The van der Waals surface area contributed by atoms with E-state index in [-0.39, 0.29) is 13.0 Å². The highest BCUT2D eigenvalue weighted by molar-refractivity contribution is 5.90. The molecule has 2 amide bonds. The van der Waals surface area contributed by atoms with E-state index in [9.17, 15) is 14.4 Å². The summed E-state index contributed by atoms with van der Waals surface area (Å²) < 4.78 is 21.2. The molecule has 9 heteroatoms. The van der Waals surface area contributed by atoms with Gasteiger partial charge in [0.15, 0.2) is 0 Å². The van der Waals surface area contributed by atoms with Crippen LogP contribution in [0.2, 0.25) is 0 Å². The molecule has 200 valence electrons. The topological polar surface area (TPSA) is 103 Å². The first-order chi connectivity index (χ1) is 17.0. The number of carbonyl (C=O) groups is 3. The summed E-state index contributed by atoms with van der Waals surface area (Å²) in [6, 6.07) is 3.32. The summed E-state index contributed by atoms with van der Waals surface area (Å²) >= 11 is 0. The molecule has 0 aliphatic rings. The van der Waals surface area contributed by atoms with Gasteiger partial charge in [0.1, 0.15) is 29.2 Å². The van der Waals surface area contributed by atoms with Crippen molar-refractivity contribution in [3.8, 4) is 11.5 Å². The molecule has 0 radical (unpaired) electrons. The van der Waals surface area contributed by atoms with Gasteiger partial charge in [0, 0.05) is 11.6 Å². The molecule has 0 unspecified atom stereocenters. The number of hydrogen-bond donors (Lipinski definition) is 1. The molecule has 0 fully saturated rings. The van der Waals surface area contributed by atoms with Gasteiger partial charge in [0.05, 0.1) is 27.9 Å². The van der Waals surface area contributed by atoms with E-state index in [1.54, 1.807) is 58.2 Å². The second-order valence-electron chi connectivity index (χ2n) is 9.11. The van der Waals surface area contributed by atoms with E-state index in [1.165, 1.54) is 19.1 Å². The first-order valence-corrected chi connectivity index (χ1v) is 11.8. The molecule has 0 saturated carbocycles. The SMILES string of the molecule is C=CCC[C@H](NC(=O)OC(C)(C)C)C(=O)N(Cc1ccc(OC)cc1OC)[C@@H](CCC=C)C(=O)OC. The van der Waals surface area contributed by atoms with Crippen LogP contribution in [-0.4, -0.2) is 61.9 Å². The summed E-state index contributed by atoms with van der Waals surface area (Å²) in [5.41, 5.74) is -0.0935. The average molecular weight is 505 g/mol. The van der Waals surface area contributed by atoms with E-state index in [0.717, 1.165) is 0 Å². The molecule has 0 spiro atoms. The maximum Gasteiger partial charge on any atom is 0.408 e. The number of nitrogens with one attached hydrogen (secondary N) is 1. The van der Waals surface area contributed by atoms with Gasteiger partial charge in [0.2, 0.25) is 5.91 Å². The van der Waals surface area contributed by atoms with Crippen molar-refractivity contribution in [2.24, 2.45) is 0 Å². The molecular formula is C27H40N2O7. The number of allylic oxidation sites excluding steroid dienone is 2. The largest absolute Gasteiger partial charge is 0.497 e. The highest BCUT2D eigenvalue weighted by Crippen LogP contribution is 2.28. The molecule has 0 bridgehead atoms. The minimum atomic E-state index is -0.960. The summed E-state index contributed by atoms with van der Waals surface area (Å²) in [6.45, 7) is 12.7. The van der Waals surface area contributed by atoms with Crippen LogP contribution in [0, 0.1) is 0 Å². The van der Waals surface area contributed by atoms with Crippen LogP contribution in [-0.2, 0) is 25.6 Å². The molecule has 0 aliphatic heterocycles. The molecule has 1 aromatic rings. The van der Waals surface area contributed by atoms with Crippen molar-refractivity contribution in [2.75, 3.05) is 21.3 Å². The zero-order valence-corrected chi connectivity index (χ0v) is 22.3. The first kappa shape index (κ1) is 30.5. The molecule has 9 nitrogen and oxygen atoms in total. The highest BCUT2D eigenvalue weighted by Gasteiger charge is 2.35. The van der Waals surface area contributed by atoms with Crippen LogP contribution in [0.1, 0.15) is 52.0 Å². The number of amides is 2. The Kier molecular flexibility index (Phi) is 12.6. The Hall–Kier alpha value is -3.49. The molecule has 1 rings (SSSR count). The van der Waals surface area contributed by atoms with Crippen LogP contribution < -0.4 is 14.8 Å². The number of carbonyl (C=O) groups excluding carboxylic acids is 3. The van der Waals surface area contributed by atoms with Gasteiger partial charge in [-0.2, -0.15) is 0 Å². The predicted molar refractivity (Wildman–Crippen MR) is 138 cm³/mol. The predicted octanol–water partition coefficient (Wildman–Crippen LogP) is 4.40. The normalized spacial score (nSPS) is 12.5. The summed E-state index contributed by atoms with van der Waals surface area (Å²) in [5, 5.41) is 2.67. The molecular weight excluding hydrogens is 464 g/mol. The Morgan fingerprint density at radius 2 is 1.67 bits per heavy atom. The number of esters is 1. The minimum Gasteiger partial charge on any atom is -0.497 e. The molecule has 0 aromatic heterocycles. The van der Waals surface area contributed by atoms with Gasteiger partial charge in [-0.25, -0.2) is 9.59 Å². The summed E-state index contributed by atoms with van der Waals surface area (Å²) in [4.78, 5) is 40.7. The minimum absolute atomic E-state index is 0.0312. The third-order valence-electron chi connectivity index (χ3n) is 5.26. The second kappa shape index (κ2) is 14.8. The lowest BCUT2D eigenvalue weighted by Gasteiger charge is -2.34. The summed E-state index contributed by atoms with van der Waals surface area (Å²) in [6.07, 6.45) is 4.09. The smallest absolute Gasteiger partial charge is 0.408 e. The van der Waals surface area contributed by atoms with Crippen molar-refractivity contribution in [1.29, 1.82) is 0 Å². The molecule has 0 aliphatic carbocycles. The molecule has 1 aromatic carbocycles. The standard InChI is InChI=1S/C27H40N2O7/c1-9-11-13-21(28-26(32)36-27(3,4)5)24(30)29(22(14-12-10-2)25(31)35-8)18-19-15-16-20(33-6)17-23(19)34-7/h9-10,15-17,21-22H,1-2,11-14,18H2,3-8H3,(H,28,32)/t21-,22-/m0/s1. The van der Waals surface area contributed by atoms with Crippen molar-refractivity contribution in [3.05, 3.63) is 49.1 Å². The lowest BCUT2D eigenvalue weighted by molar-refractivity contribution is -0.154.